The molecule has 3 aliphatic carbocycles. The topological polar surface area (TPSA) is 29.5 Å². The highest BCUT2D eigenvalue weighted by Crippen LogP contribution is 2.61. The van der Waals surface area contributed by atoms with E-state index in [1.165, 1.54) is 25.7 Å². The summed E-state index contributed by atoms with van der Waals surface area (Å²) in [7, 11) is 0. The number of nitrogens with zero attached hydrogens (tertiary/aromatic N) is 1. The maximum atomic E-state index is 13.0. The zero-order chi connectivity index (χ0) is 21.5. The molecule has 0 aliphatic heterocycles. The normalized spacial score (nSPS) is 27.8. The number of rotatable bonds is 5. The number of fused-ring (bicyclic) bond motifs is 5. The predicted octanol–water partition coefficient (Wildman–Crippen LogP) is 7.13. The Morgan fingerprint density at radius 1 is 0.688 bits per heavy atom. The Bertz CT molecular complexity index is 1040. The van der Waals surface area contributed by atoms with Gasteiger partial charge in [-0.25, -0.2) is 0 Å². The van der Waals surface area contributed by atoms with Gasteiger partial charge in [0.2, 0.25) is 0 Å². The van der Waals surface area contributed by atoms with E-state index in [1.807, 2.05) is 60.7 Å². The highest BCUT2D eigenvalue weighted by atomic mass is 16.5. The lowest BCUT2D eigenvalue weighted by atomic mass is 9.76. The molecule has 2 bridgehead atoms. The average molecular weight is 424 g/mol. The molecule has 3 fully saturated rings. The molecule has 0 amide bonds. The van der Waals surface area contributed by atoms with E-state index in [4.69, 9.17) is 4.74 Å². The Balaban J connectivity index is 1.20. The Morgan fingerprint density at radius 3 is 1.94 bits per heavy atom. The summed E-state index contributed by atoms with van der Waals surface area (Å²) in [6, 6.07) is 28.6. The molecule has 6 rings (SSSR count). The number of ether oxygens (including phenoxy) is 1. The molecular formula is C29H29NO2. The fraction of sp³-hybridized carbons (Fsp3) is 0.345. The van der Waals surface area contributed by atoms with Crippen LogP contribution in [-0.2, 0) is 4.79 Å². The van der Waals surface area contributed by atoms with E-state index in [9.17, 15) is 4.79 Å². The molecule has 3 aromatic rings. The van der Waals surface area contributed by atoms with Crippen molar-refractivity contribution in [2.45, 2.75) is 32.1 Å². The van der Waals surface area contributed by atoms with Gasteiger partial charge in [0.1, 0.15) is 5.75 Å². The standard InChI is InChI=1S/C29H29NO2/c31-29(28-19-20-18-27(28)26-13-7-12-25(20)26)32-24-16-14-23(15-17-24)30(21-8-3-1-4-9-21)22-10-5-2-6-11-22/h1-6,8-11,14-17,20,25-28H,7,12-13,18-19H2. The van der Waals surface area contributed by atoms with Crippen LogP contribution in [0.15, 0.2) is 84.9 Å². The lowest BCUT2D eigenvalue weighted by Gasteiger charge is -2.30. The first-order valence-corrected chi connectivity index (χ1v) is 12.0. The van der Waals surface area contributed by atoms with Crippen molar-refractivity contribution in [3.05, 3.63) is 84.9 Å². The molecule has 0 heterocycles. The quantitative estimate of drug-likeness (QED) is 0.323. The zero-order valence-corrected chi connectivity index (χ0v) is 18.3. The van der Waals surface area contributed by atoms with E-state index in [2.05, 4.69) is 29.2 Å². The van der Waals surface area contributed by atoms with Gasteiger partial charge >= 0.3 is 5.97 Å². The second-order valence-corrected chi connectivity index (χ2v) is 9.68. The predicted molar refractivity (Wildman–Crippen MR) is 127 cm³/mol. The van der Waals surface area contributed by atoms with E-state index in [0.29, 0.717) is 11.7 Å². The van der Waals surface area contributed by atoms with E-state index in [0.717, 1.165) is 41.2 Å². The molecule has 0 radical (unpaired) electrons. The van der Waals surface area contributed by atoms with E-state index >= 15 is 0 Å². The van der Waals surface area contributed by atoms with Gasteiger partial charge in [-0.1, -0.05) is 42.8 Å². The molecule has 162 valence electrons. The van der Waals surface area contributed by atoms with Crippen LogP contribution in [0.1, 0.15) is 32.1 Å². The van der Waals surface area contributed by atoms with Crippen molar-refractivity contribution in [2.24, 2.45) is 29.6 Å². The van der Waals surface area contributed by atoms with Crippen molar-refractivity contribution in [1.29, 1.82) is 0 Å². The van der Waals surface area contributed by atoms with E-state index in [1.54, 1.807) is 0 Å². The molecule has 32 heavy (non-hydrogen) atoms. The highest BCUT2D eigenvalue weighted by molar-refractivity contribution is 5.78. The van der Waals surface area contributed by atoms with Gasteiger partial charge in [-0.3, -0.25) is 4.79 Å². The van der Waals surface area contributed by atoms with E-state index in [-0.39, 0.29) is 11.9 Å². The van der Waals surface area contributed by atoms with Crippen LogP contribution < -0.4 is 9.64 Å². The summed E-state index contributed by atoms with van der Waals surface area (Å²) >= 11 is 0. The van der Waals surface area contributed by atoms with Crippen LogP contribution >= 0.6 is 0 Å². The summed E-state index contributed by atoms with van der Waals surface area (Å²) in [4.78, 5) is 15.2. The first-order chi connectivity index (χ1) is 15.8. The van der Waals surface area contributed by atoms with Crippen molar-refractivity contribution in [2.75, 3.05) is 4.90 Å². The van der Waals surface area contributed by atoms with Crippen molar-refractivity contribution in [1.82, 2.24) is 0 Å². The third-order valence-electron chi connectivity index (χ3n) is 8.07. The minimum absolute atomic E-state index is 0.0152. The maximum Gasteiger partial charge on any atom is 0.314 e. The molecular weight excluding hydrogens is 394 g/mol. The van der Waals surface area contributed by atoms with Gasteiger partial charge < -0.3 is 9.64 Å². The van der Waals surface area contributed by atoms with Gasteiger partial charge in [0.25, 0.3) is 0 Å². The molecule has 5 atom stereocenters. The molecule has 0 saturated heterocycles. The number of carbonyl (C=O) groups is 1. The number of carbonyl (C=O) groups excluding carboxylic acids is 1. The second kappa shape index (κ2) is 8.12. The maximum absolute atomic E-state index is 13.0. The second-order valence-electron chi connectivity index (χ2n) is 9.68. The smallest absolute Gasteiger partial charge is 0.314 e. The molecule has 0 N–H and O–H groups in total. The number of benzene rings is 3. The Kier molecular flexibility index (Phi) is 4.98. The van der Waals surface area contributed by atoms with Crippen molar-refractivity contribution in [3.8, 4) is 5.75 Å². The molecule has 3 aromatic carbocycles. The zero-order valence-electron chi connectivity index (χ0n) is 18.3. The van der Waals surface area contributed by atoms with Crippen LogP contribution in [0.5, 0.6) is 5.75 Å². The van der Waals surface area contributed by atoms with Crippen LogP contribution in [0.2, 0.25) is 0 Å². The number of esters is 1. The van der Waals surface area contributed by atoms with Crippen molar-refractivity contribution >= 4 is 23.0 Å². The summed E-state index contributed by atoms with van der Waals surface area (Å²) in [5, 5.41) is 0. The summed E-state index contributed by atoms with van der Waals surface area (Å²) in [5.74, 6) is 3.72. The van der Waals surface area contributed by atoms with Crippen LogP contribution in [0.3, 0.4) is 0 Å². The summed E-state index contributed by atoms with van der Waals surface area (Å²) in [6.45, 7) is 0. The Hall–Kier alpha value is -3.07. The molecule has 0 spiro atoms. The van der Waals surface area contributed by atoms with Gasteiger partial charge in [-0.05, 0) is 97.9 Å². The van der Waals surface area contributed by atoms with Crippen LogP contribution in [0.4, 0.5) is 17.1 Å². The lowest BCUT2D eigenvalue weighted by Crippen LogP contribution is -2.32. The van der Waals surface area contributed by atoms with Gasteiger partial charge in [0.05, 0.1) is 5.92 Å². The Labute approximate surface area is 190 Å². The van der Waals surface area contributed by atoms with Crippen LogP contribution in [0.25, 0.3) is 0 Å². The van der Waals surface area contributed by atoms with Crippen molar-refractivity contribution < 1.29 is 9.53 Å². The van der Waals surface area contributed by atoms with Crippen LogP contribution in [-0.4, -0.2) is 5.97 Å². The number of hydrogen-bond donors (Lipinski definition) is 0. The fourth-order valence-corrected chi connectivity index (χ4v) is 6.80. The summed E-state index contributed by atoms with van der Waals surface area (Å²) in [5.41, 5.74) is 3.23. The lowest BCUT2D eigenvalue weighted by molar-refractivity contribution is -0.141. The largest absolute Gasteiger partial charge is 0.426 e. The van der Waals surface area contributed by atoms with E-state index < -0.39 is 0 Å². The molecule has 3 nitrogen and oxygen atoms in total. The molecule has 3 heteroatoms. The first kappa shape index (κ1) is 19.6. The number of anilines is 3. The molecule has 5 unspecified atom stereocenters. The molecule has 3 saturated carbocycles. The monoisotopic (exact) mass is 423 g/mol. The highest BCUT2D eigenvalue weighted by Gasteiger charge is 2.56. The molecule has 3 aliphatic rings. The fourth-order valence-electron chi connectivity index (χ4n) is 6.80. The van der Waals surface area contributed by atoms with Gasteiger partial charge in [0.15, 0.2) is 0 Å². The third kappa shape index (κ3) is 3.40. The average Bonchev–Trinajstić information content (AvgIpc) is 3.56. The minimum Gasteiger partial charge on any atom is -0.426 e. The SMILES string of the molecule is O=C(Oc1ccc(N(c2ccccc2)c2ccccc2)cc1)C1CC2CC1C1CCCC21. The number of hydrogen-bond acceptors (Lipinski definition) is 3. The van der Waals surface area contributed by atoms with Gasteiger partial charge in [-0.2, -0.15) is 0 Å². The third-order valence-corrected chi connectivity index (χ3v) is 8.07. The van der Waals surface area contributed by atoms with Gasteiger partial charge in [0, 0.05) is 17.1 Å². The summed E-state index contributed by atoms with van der Waals surface area (Å²) < 4.78 is 5.89. The Morgan fingerprint density at radius 2 is 1.28 bits per heavy atom. The van der Waals surface area contributed by atoms with Gasteiger partial charge in [-0.15, -0.1) is 0 Å². The minimum atomic E-state index is -0.0152. The molecule has 0 aromatic heterocycles. The first-order valence-electron chi connectivity index (χ1n) is 12.0. The van der Waals surface area contributed by atoms with Crippen LogP contribution in [0, 0.1) is 29.6 Å². The summed E-state index contributed by atoms with van der Waals surface area (Å²) in [6.07, 6.45) is 6.34. The number of para-hydroxylation sites is 2. The van der Waals surface area contributed by atoms with Crippen molar-refractivity contribution in [3.63, 3.8) is 0 Å².